The van der Waals surface area contributed by atoms with E-state index in [9.17, 15) is 9.59 Å². The van der Waals surface area contributed by atoms with Crippen molar-refractivity contribution in [3.05, 3.63) is 55.7 Å². The molecule has 0 spiro atoms. The Morgan fingerprint density at radius 3 is 2.79 bits per heavy atom. The van der Waals surface area contributed by atoms with Crippen molar-refractivity contribution >= 4 is 22.4 Å². The Balaban J connectivity index is 2.51. The summed E-state index contributed by atoms with van der Waals surface area (Å²) in [5.74, 6) is 0. The van der Waals surface area contributed by atoms with Gasteiger partial charge >= 0.3 is 5.69 Å². The first-order valence-electron chi connectivity index (χ1n) is 5.75. The summed E-state index contributed by atoms with van der Waals surface area (Å²) < 4.78 is 1.46. The molecule has 1 N–H and O–H groups in total. The van der Waals surface area contributed by atoms with Crippen LogP contribution in [0.1, 0.15) is 10.4 Å². The number of pyridine rings is 1. The van der Waals surface area contributed by atoms with Crippen molar-refractivity contribution in [2.24, 2.45) is 0 Å². The third kappa shape index (κ3) is 1.80. The predicted molar refractivity (Wildman–Crippen MR) is 75.3 cm³/mol. The molecule has 3 aromatic rings. The Kier molecular flexibility index (Phi) is 2.60. The number of nitrogens with one attached hydrogen (secondary N) is 1. The minimum Gasteiger partial charge on any atom is -0.273 e. The molecule has 3 aromatic heterocycles. The van der Waals surface area contributed by atoms with Gasteiger partial charge in [-0.05, 0) is 37.6 Å². The zero-order valence-corrected chi connectivity index (χ0v) is 11.2. The molecule has 0 saturated carbocycles. The van der Waals surface area contributed by atoms with Crippen molar-refractivity contribution < 1.29 is 0 Å². The van der Waals surface area contributed by atoms with Crippen LogP contribution in [-0.4, -0.2) is 14.5 Å². The third-order valence-electron chi connectivity index (χ3n) is 2.88. The van der Waals surface area contributed by atoms with Crippen molar-refractivity contribution in [1.82, 2.24) is 14.5 Å². The summed E-state index contributed by atoms with van der Waals surface area (Å²) in [6, 6.07) is 5.35. The van der Waals surface area contributed by atoms with E-state index in [4.69, 9.17) is 0 Å². The van der Waals surface area contributed by atoms with E-state index < -0.39 is 11.2 Å². The van der Waals surface area contributed by atoms with E-state index in [1.54, 1.807) is 18.3 Å². The van der Waals surface area contributed by atoms with Crippen LogP contribution in [0.4, 0.5) is 0 Å². The highest BCUT2D eigenvalue weighted by atomic mass is 32.1. The molecule has 0 aromatic carbocycles. The lowest BCUT2D eigenvalue weighted by atomic mass is 10.3. The molecule has 0 aliphatic carbocycles. The maximum Gasteiger partial charge on any atom is 0.335 e. The van der Waals surface area contributed by atoms with Crippen LogP contribution in [0.5, 0.6) is 0 Å². The van der Waals surface area contributed by atoms with Crippen LogP contribution in [0.15, 0.2) is 34.0 Å². The molecule has 0 fully saturated rings. The number of nitrogens with zero attached hydrogens (tertiary/aromatic N) is 2. The van der Waals surface area contributed by atoms with Gasteiger partial charge in [-0.1, -0.05) is 0 Å². The fraction of sp³-hybridized carbons (Fsp3) is 0.154. The highest BCUT2D eigenvalue weighted by Gasteiger charge is 2.13. The highest BCUT2D eigenvalue weighted by Crippen LogP contribution is 2.25. The maximum atomic E-state index is 12.1. The number of aromatic amines is 1. The third-order valence-corrected chi connectivity index (χ3v) is 4.02. The molecule has 0 radical (unpaired) electrons. The average Bonchev–Trinajstić information content (AvgIpc) is 2.69. The smallest absolute Gasteiger partial charge is 0.273 e. The molecular weight excluding hydrogens is 262 g/mol. The van der Waals surface area contributed by atoms with Gasteiger partial charge in [-0.15, -0.1) is 11.3 Å². The number of hydrogen-bond donors (Lipinski definition) is 1. The van der Waals surface area contributed by atoms with Crippen molar-refractivity contribution in [2.75, 3.05) is 0 Å². The second kappa shape index (κ2) is 4.17. The Labute approximate surface area is 112 Å². The van der Waals surface area contributed by atoms with Crippen LogP contribution in [0.2, 0.25) is 0 Å². The fourth-order valence-corrected chi connectivity index (χ4v) is 3.13. The van der Waals surface area contributed by atoms with Crippen LogP contribution < -0.4 is 11.2 Å². The van der Waals surface area contributed by atoms with Gasteiger partial charge in [-0.2, -0.15) is 0 Å². The maximum absolute atomic E-state index is 12.1. The number of hydrogen-bond acceptors (Lipinski definition) is 4. The molecule has 0 bridgehead atoms. The lowest BCUT2D eigenvalue weighted by Crippen LogP contribution is -2.29. The van der Waals surface area contributed by atoms with E-state index in [0.29, 0.717) is 11.0 Å². The van der Waals surface area contributed by atoms with E-state index in [1.807, 2.05) is 19.9 Å². The molecule has 3 heterocycles. The van der Waals surface area contributed by atoms with E-state index in [-0.39, 0.29) is 0 Å². The number of H-pyrrole nitrogens is 1. The van der Waals surface area contributed by atoms with Crippen molar-refractivity contribution in [2.45, 2.75) is 13.8 Å². The zero-order valence-electron chi connectivity index (χ0n) is 10.4. The summed E-state index contributed by atoms with van der Waals surface area (Å²) in [7, 11) is 0. The molecule has 6 heteroatoms. The van der Waals surface area contributed by atoms with E-state index in [2.05, 4.69) is 9.97 Å². The Bertz CT molecular complexity index is 889. The summed E-state index contributed by atoms with van der Waals surface area (Å²) in [5.41, 5.74) is 0.515. The Morgan fingerprint density at radius 1 is 1.32 bits per heavy atom. The van der Waals surface area contributed by atoms with Crippen LogP contribution in [0.25, 0.3) is 16.0 Å². The predicted octanol–water partition coefficient (Wildman–Crippen LogP) is 1.75. The first-order chi connectivity index (χ1) is 9.08. The quantitative estimate of drug-likeness (QED) is 0.734. The summed E-state index contributed by atoms with van der Waals surface area (Å²) in [6.07, 6.45) is 1.58. The van der Waals surface area contributed by atoms with Gasteiger partial charge < -0.3 is 0 Å². The summed E-state index contributed by atoms with van der Waals surface area (Å²) in [6.45, 7) is 3.92. The lowest BCUT2D eigenvalue weighted by Gasteiger charge is -2.06. The molecule has 5 nitrogen and oxygen atoms in total. The number of thiophene rings is 1. The van der Waals surface area contributed by atoms with E-state index in [0.717, 1.165) is 15.4 Å². The van der Waals surface area contributed by atoms with Gasteiger partial charge in [0.2, 0.25) is 0 Å². The minimum atomic E-state index is -0.457. The molecule has 0 aliphatic heterocycles. The normalized spacial score (nSPS) is 11.1. The number of rotatable bonds is 1. The molecular formula is C13H11N3O2S. The highest BCUT2D eigenvalue weighted by molar-refractivity contribution is 7.14. The Hall–Kier alpha value is -2.21. The van der Waals surface area contributed by atoms with Gasteiger partial charge in [-0.3, -0.25) is 9.78 Å². The molecule has 0 aliphatic rings. The van der Waals surface area contributed by atoms with Crippen LogP contribution in [0.3, 0.4) is 0 Å². The lowest BCUT2D eigenvalue weighted by molar-refractivity contribution is 0.934. The van der Waals surface area contributed by atoms with Crippen LogP contribution in [0, 0.1) is 13.8 Å². The van der Waals surface area contributed by atoms with E-state index in [1.165, 1.54) is 15.9 Å². The minimum absolute atomic E-state index is 0.390. The number of fused-ring (bicyclic) bond motifs is 1. The van der Waals surface area contributed by atoms with E-state index >= 15 is 0 Å². The summed E-state index contributed by atoms with van der Waals surface area (Å²) in [5, 5.41) is 1.20. The van der Waals surface area contributed by atoms with Gasteiger partial charge in [0.05, 0.1) is 5.39 Å². The molecule has 0 atom stereocenters. The molecule has 96 valence electrons. The van der Waals surface area contributed by atoms with Crippen LogP contribution in [-0.2, 0) is 0 Å². The Morgan fingerprint density at radius 2 is 2.11 bits per heavy atom. The number of aryl methyl sites for hydroxylation is 2. The zero-order chi connectivity index (χ0) is 13.6. The summed E-state index contributed by atoms with van der Waals surface area (Å²) >= 11 is 1.50. The average molecular weight is 273 g/mol. The van der Waals surface area contributed by atoms with Crippen molar-refractivity contribution in [1.29, 1.82) is 0 Å². The number of aromatic nitrogens is 3. The molecule has 3 rings (SSSR count). The monoisotopic (exact) mass is 273 g/mol. The largest absolute Gasteiger partial charge is 0.335 e. The molecule has 0 saturated heterocycles. The topological polar surface area (TPSA) is 67.8 Å². The molecule has 0 unspecified atom stereocenters. The SMILES string of the molecule is Cc1cc(C)c(-n2c(=O)[nH]c(=O)c3cccnc32)s1. The first kappa shape index (κ1) is 11.9. The summed E-state index contributed by atoms with van der Waals surface area (Å²) in [4.78, 5) is 31.5. The van der Waals surface area contributed by atoms with Gasteiger partial charge in [0.15, 0.2) is 5.65 Å². The molecule has 19 heavy (non-hydrogen) atoms. The van der Waals surface area contributed by atoms with Gasteiger partial charge in [0.1, 0.15) is 5.00 Å². The first-order valence-corrected chi connectivity index (χ1v) is 6.57. The van der Waals surface area contributed by atoms with Crippen molar-refractivity contribution in [3.63, 3.8) is 0 Å². The standard InChI is InChI=1S/C13H11N3O2S/c1-7-6-8(2)19-12(7)16-10-9(4-3-5-14-10)11(17)15-13(16)18/h3-6H,1-2H3,(H,15,17,18). The fourth-order valence-electron chi connectivity index (χ4n) is 2.11. The second-order valence-electron chi connectivity index (χ2n) is 4.31. The van der Waals surface area contributed by atoms with Crippen molar-refractivity contribution in [3.8, 4) is 5.00 Å². The van der Waals surface area contributed by atoms with Gasteiger partial charge in [-0.25, -0.2) is 14.3 Å². The van der Waals surface area contributed by atoms with Gasteiger partial charge in [0, 0.05) is 11.1 Å². The second-order valence-corrected chi connectivity index (χ2v) is 5.55. The van der Waals surface area contributed by atoms with Crippen LogP contribution >= 0.6 is 11.3 Å². The van der Waals surface area contributed by atoms with Gasteiger partial charge in [0.25, 0.3) is 5.56 Å². The molecule has 0 amide bonds.